The largest absolute Gasteiger partial charge is 0.316 e. The highest BCUT2D eigenvalue weighted by Gasteiger charge is 2.42. The van der Waals surface area contributed by atoms with Gasteiger partial charge in [-0.05, 0) is 55.8 Å². The fraction of sp³-hybridized carbons (Fsp3) is 0.524. The number of rotatable bonds is 4. The van der Waals surface area contributed by atoms with E-state index >= 15 is 0 Å². The van der Waals surface area contributed by atoms with Gasteiger partial charge in [0.05, 0.1) is 5.52 Å². The van der Waals surface area contributed by atoms with Crippen molar-refractivity contribution in [3.8, 4) is 0 Å². The molecular formula is C21H28N2O. The molecule has 1 fully saturated rings. The number of nitrogens with one attached hydrogen (secondary N) is 1. The molecule has 0 radical (unpaired) electrons. The molecule has 0 spiro atoms. The van der Waals surface area contributed by atoms with Crippen LogP contribution in [0.3, 0.4) is 0 Å². The highest BCUT2D eigenvalue weighted by molar-refractivity contribution is 6.01. The first-order valence-electron chi connectivity index (χ1n) is 8.93. The summed E-state index contributed by atoms with van der Waals surface area (Å²) in [5.41, 5.74) is 2.68. The van der Waals surface area contributed by atoms with Crippen LogP contribution in [0.4, 0.5) is 0 Å². The van der Waals surface area contributed by atoms with E-state index in [9.17, 15) is 4.79 Å². The van der Waals surface area contributed by atoms with Crippen LogP contribution in [0.25, 0.3) is 10.9 Å². The van der Waals surface area contributed by atoms with E-state index in [4.69, 9.17) is 4.98 Å². The van der Waals surface area contributed by atoms with Crippen LogP contribution >= 0.6 is 0 Å². The number of nitrogens with zero attached hydrogens (tertiary/aromatic N) is 1. The van der Waals surface area contributed by atoms with Gasteiger partial charge in [-0.3, -0.25) is 4.79 Å². The molecule has 1 aromatic heterocycles. The predicted molar refractivity (Wildman–Crippen MR) is 99.4 cm³/mol. The smallest absolute Gasteiger partial charge is 0.188 e. The molecule has 0 amide bonds. The zero-order valence-corrected chi connectivity index (χ0v) is 15.3. The zero-order valence-electron chi connectivity index (χ0n) is 15.3. The molecule has 2 aromatic rings. The summed E-state index contributed by atoms with van der Waals surface area (Å²) in [5.74, 6) is 0.208. The van der Waals surface area contributed by atoms with Gasteiger partial charge in [0, 0.05) is 17.3 Å². The van der Waals surface area contributed by atoms with E-state index in [1.807, 2.05) is 24.3 Å². The quantitative estimate of drug-likeness (QED) is 0.840. The Balaban J connectivity index is 1.93. The van der Waals surface area contributed by atoms with Crippen molar-refractivity contribution in [2.75, 3.05) is 13.1 Å². The molecule has 1 aliphatic heterocycles. The maximum absolute atomic E-state index is 13.3. The van der Waals surface area contributed by atoms with Crippen molar-refractivity contribution < 1.29 is 4.79 Å². The summed E-state index contributed by atoms with van der Waals surface area (Å²) < 4.78 is 0. The third-order valence-corrected chi connectivity index (χ3v) is 5.26. The van der Waals surface area contributed by atoms with E-state index in [1.54, 1.807) is 0 Å². The highest BCUT2D eigenvalue weighted by atomic mass is 16.1. The van der Waals surface area contributed by atoms with Crippen LogP contribution in [0.5, 0.6) is 0 Å². The Kier molecular flexibility index (Phi) is 4.48. The minimum atomic E-state index is -0.294. The van der Waals surface area contributed by atoms with Crippen molar-refractivity contribution in [1.29, 1.82) is 0 Å². The predicted octanol–water partition coefficient (Wildman–Crippen LogP) is 4.53. The lowest BCUT2D eigenvalue weighted by molar-refractivity contribution is 0.0778. The molecule has 3 rings (SSSR count). The van der Waals surface area contributed by atoms with Crippen LogP contribution in [0, 0.1) is 17.8 Å². The van der Waals surface area contributed by atoms with E-state index in [2.05, 4.69) is 39.1 Å². The van der Waals surface area contributed by atoms with Crippen LogP contribution in [-0.2, 0) is 0 Å². The normalized spacial score (nSPS) is 21.3. The molecular weight excluding hydrogens is 296 g/mol. The van der Waals surface area contributed by atoms with E-state index in [1.165, 1.54) is 5.56 Å². The molecule has 1 N–H and O–H groups in total. The number of fused-ring (bicyclic) bond motifs is 1. The first-order valence-corrected chi connectivity index (χ1v) is 8.93. The number of Topliss-reactive ketones (excluding diaryl/α,β-unsaturated/α-hetero) is 1. The van der Waals surface area contributed by atoms with Crippen molar-refractivity contribution in [3.63, 3.8) is 0 Å². The Morgan fingerprint density at radius 3 is 2.71 bits per heavy atom. The summed E-state index contributed by atoms with van der Waals surface area (Å²) >= 11 is 0. The monoisotopic (exact) mass is 324 g/mol. The molecule has 2 heterocycles. The molecule has 0 saturated carbocycles. The van der Waals surface area contributed by atoms with Gasteiger partial charge in [0.2, 0.25) is 0 Å². The van der Waals surface area contributed by atoms with E-state index < -0.39 is 0 Å². The van der Waals surface area contributed by atoms with Gasteiger partial charge < -0.3 is 5.32 Å². The summed E-state index contributed by atoms with van der Waals surface area (Å²) in [6.45, 7) is 10.5. The van der Waals surface area contributed by atoms with Crippen molar-refractivity contribution in [1.82, 2.24) is 10.3 Å². The number of aryl methyl sites for hydroxylation is 1. The first kappa shape index (κ1) is 17.1. The van der Waals surface area contributed by atoms with Gasteiger partial charge in [-0.1, -0.05) is 39.0 Å². The minimum absolute atomic E-state index is 0.208. The van der Waals surface area contributed by atoms with E-state index in [-0.39, 0.29) is 16.6 Å². The Bertz CT molecular complexity index is 752. The number of carbonyl (C=O) groups is 1. The molecule has 1 unspecified atom stereocenters. The highest BCUT2D eigenvalue weighted by Crippen LogP contribution is 2.38. The summed E-state index contributed by atoms with van der Waals surface area (Å²) in [6, 6.07) is 10.0. The number of carbonyl (C=O) groups excluding carboxylic acids is 1. The second kappa shape index (κ2) is 6.29. The lowest BCUT2D eigenvalue weighted by Gasteiger charge is -2.30. The molecule has 0 bridgehead atoms. The third kappa shape index (κ3) is 3.36. The van der Waals surface area contributed by atoms with Gasteiger partial charge in [-0.15, -0.1) is 0 Å². The summed E-state index contributed by atoms with van der Waals surface area (Å²) in [5, 5.41) is 4.52. The van der Waals surface area contributed by atoms with Crippen LogP contribution in [0.2, 0.25) is 0 Å². The lowest BCUT2D eigenvalue weighted by atomic mass is 9.73. The van der Waals surface area contributed by atoms with Gasteiger partial charge in [0.25, 0.3) is 0 Å². The van der Waals surface area contributed by atoms with E-state index in [0.717, 1.165) is 43.3 Å². The Labute approximate surface area is 144 Å². The standard InChI is InChI=1S/C21H28N2O/c1-15-6-5-7-17-16(15)8-9-18(23-17)19(24)21(12-13-22-14-21)11-10-20(2,3)4/h5-9,22H,10-14H2,1-4H3. The van der Waals surface area contributed by atoms with Crippen molar-refractivity contribution in [3.05, 3.63) is 41.6 Å². The molecule has 3 heteroatoms. The van der Waals surface area contributed by atoms with Gasteiger partial charge in [-0.2, -0.15) is 0 Å². The zero-order chi connectivity index (χ0) is 17.4. The molecule has 1 atom stereocenters. The topological polar surface area (TPSA) is 42.0 Å². The fourth-order valence-electron chi connectivity index (χ4n) is 3.59. The van der Waals surface area contributed by atoms with Crippen LogP contribution in [-0.4, -0.2) is 23.9 Å². The third-order valence-electron chi connectivity index (χ3n) is 5.26. The average Bonchev–Trinajstić information content (AvgIpc) is 3.02. The molecule has 128 valence electrons. The fourth-order valence-corrected chi connectivity index (χ4v) is 3.59. The number of benzene rings is 1. The van der Waals surface area contributed by atoms with Gasteiger partial charge >= 0.3 is 0 Å². The van der Waals surface area contributed by atoms with Crippen LogP contribution in [0.1, 0.15) is 56.1 Å². The molecule has 24 heavy (non-hydrogen) atoms. The molecule has 1 aromatic carbocycles. The van der Waals surface area contributed by atoms with Crippen LogP contribution in [0.15, 0.2) is 30.3 Å². The molecule has 1 aliphatic rings. The lowest BCUT2D eigenvalue weighted by Crippen LogP contribution is -2.35. The number of pyridine rings is 1. The molecule has 3 nitrogen and oxygen atoms in total. The Hall–Kier alpha value is -1.74. The first-order chi connectivity index (χ1) is 11.3. The van der Waals surface area contributed by atoms with Crippen molar-refractivity contribution in [2.24, 2.45) is 10.8 Å². The average molecular weight is 324 g/mol. The van der Waals surface area contributed by atoms with Crippen molar-refractivity contribution in [2.45, 2.75) is 47.0 Å². The van der Waals surface area contributed by atoms with Gasteiger partial charge in [-0.25, -0.2) is 4.98 Å². The second-order valence-electron chi connectivity index (χ2n) is 8.43. The van der Waals surface area contributed by atoms with Crippen molar-refractivity contribution >= 4 is 16.7 Å². The van der Waals surface area contributed by atoms with Crippen LogP contribution < -0.4 is 5.32 Å². The maximum atomic E-state index is 13.3. The second-order valence-corrected chi connectivity index (χ2v) is 8.43. The van der Waals surface area contributed by atoms with Gasteiger partial charge in [0.1, 0.15) is 5.69 Å². The molecule has 0 aliphatic carbocycles. The molecule has 1 saturated heterocycles. The Morgan fingerprint density at radius 2 is 2.04 bits per heavy atom. The number of hydrogen-bond acceptors (Lipinski definition) is 3. The maximum Gasteiger partial charge on any atom is 0.188 e. The number of aromatic nitrogens is 1. The minimum Gasteiger partial charge on any atom is -0.316 e. The van der Waals surface area contributed by atoms with Gasteiger partial charge in [0.15, 0.2) is 5.78 Å². The SMILES string of the molecule is Cc1cccc2nc(C(=O)C3(CCC(C)(C)C)CCNC3)ccc12. The van der Waals surface area contributed by atoms with E-state index in [0.29, 0.717) is 5.69 Å². The summed E-state index contributed by atoms with van der Waals surface area (Å²) in [6.07, 6.45) is 2.89. The number of ketones is 1. The summed E-state index contributed by atoms with van der Waals surface area (Å²) in [7, 11) is 0. The Morgan fingerprint density at radius 1 is 1.25 bits per heavy atom. The number of hydrogen-bond donors (Lipinski definition) is 1. The summed E-state index contributed by atoms with van der Waals surface area (Å²) in [4.78, 5) is 18.0.